The molecule has 5 amide bonds. The minimum absolute atomic E-state index is 0.0939. The number of nitrogens with one attached hydrogen (secondary N) is 4. The second-order valence-corrected chi connectivity index (χ2v) is 12.0. The SMILES string of the molecule is CC1=CC(O)CC(C)=C1CC(NC(=O)OC(C)(C)C)C(=O)NC(CCCCNC(=O)OCc1ccccc1)C(=O)NCC(N)=O. The van der Waals surface area contributed by atoms with Gasteiger partial charge >= 0.3 is 12.2 Å². The quantitative estimate of drug-likeness (QED) is 0.159. The van der Waals surface area contributed by atoms with Crippen LogP contribution in [0.5, 0.6) is 0 Å². The van der Waals surface area contributed by atoms with Gasteiger partial charge in [0.25, 0.3) is 0 Å². The highest BCUT2D eigenvalue weighted by Gasteiger charge is 2.30. The number of rotatable bonds is 15. The lowest BCUT2D eigenvalue weighted by Crippen LogP contribution is -2.55. The van der Waals surface area contributed by atoms with E-state index in [-0.39, 0.29) is 26.0 Å². The van der Waals surface area contributed by atoms with Crippen molar-refractivity contribution in [1.29, 1.82) is 0 Å². The maximum absolute atomic E-state index is 13.6. The zero-order chi connectivity index (χ0) is 33.6. The Bertz CT molecular complexity index is 1260. The summed E-state index contributed by atoms with van der Waals surface area (Å²) < 4.78 is 10.6. The van der Waals surface area contributed by atoms with Gasteiger partial charge in [0, 0.05) is 13.0 Å². The predicted molar refractivity (Wildman–Crippen MR) is 167 cm³/mol. The first-order valence-electron chi connectivity index (χ1n) is 15.0. The summed E-state index contributed by atoms with van der Waals surface area (Å²) in [5.74, 6) is -2.01. The molecule has 2 rings (SSSR count). The Hall–Kier alpha value is -4.39. The molecule has 13 heteroatoms. The van der Waals surface area contributed by atoms with E-state index in [1.165, 1.54) is 0 Å². The molecule has 0 radical (unpaired) electrons. The molecular weight excluding hydrogens is 582 g/mol. The second-order valence-electron chi connectivity index (χ2n) is 12.0. The molecule has 1 aliphatic rings. The first-order chi connectivity index (χ1) is 21.1. The number of unbranched alkanes of at least 4 members (excludes halogenated alkanes) is 1. The van der Waals surface area contributed by atoms with Crippen molar-refractivity contribution < 1.29 is 38.6 Å². The molecule has 0 aromatic heterocycles. The summed E-state index contributed by atoms with van der Waals surface area (Å²) in [5.41, 5.74) is 7.67. The third kappa shape index (κ3) is 14.3. The van der Waals surface area contributed by atoms with Gasteiger partial charge in [0.05, 0.1) is 12.6 Å². The number of nitrogens with two attached hydrogens (primary N) is 1. The fraction of sp³-hybridized carbons (Fsp3) is 0.531. The molecule has 13 nitrogen and oxygen atoms in total. The average molecular weight is 630 g/mol. The zero-order valence-electron chi connectivity index (χ0n) is 26.7. The summed E-state index contributed by atoms with van der Waals surface area (Å²) in [6, 6.07) is 7.06. The average Bonchev–Trinajstić information content (AvgIpc) is 2.94. The Labute approximate surface area is 264 Å². The monoisotopic (exact) mass is 629 g/mol. The van der Waals surface area contributed by atoms with Crippen molar-refractivity contribution in [2.75, 3.05) is 13.1 Å². The van der Waals surface area contributed by atoms with Crippen LogP contribution in [0, 0.1) is 0 Å². The van der Waals surface area contributed by atoms with Crippen molar-refractivity contribution in [3.63, 3.8) is 0 Å². The van der Waals surface area contributed by atoms with Crippen LogP contribution >= 0.6 is 0 Å². The smallest absolute Gasteiger partial charge is 0.408 e. The summed E-state index contributed by atoms with van der Waals surface area (Å²) in [5, 5.41) is 20.5. The van der Waals surface area contributed by atoms with Crippen LogP contribution < -0.4 is 27.0 Å². The van der Waals surface area contributed by atoms with E-state index in [2.05, 4.69) is 21.3 Å². The minimum Gasteiger partial charge on any atom is -0.445 e. The first-order valence-corrected chi connectivity index (χ1v) is 15.0. The topological polar surface area (TPSA) is 198 Å². The van der Waals surface area contributed by atoms with E-state index in [1.54, 1.807) is 26.8 Å². The summed E-state index contributed by atoms with van der Waals surface area (Å²) >= 11 is 0. The molecule has 3 atom stereocenters. The van der Waals surface area contributed by atoms with Crippen molar-refractivity contribution in [1.82, 2.24) is 21.3 Å². The molecule has 0 heterocycles. The van der Waals surface area contributed by atoms with Gasteiger partial charge in [0.2, 0.25) is 17.7 Å². The maximum Gasteiger partial charge on any atom is 0.408 e. The summed E-state index contributed by atoms with van der Waals surface area (Å²) in [7, 11) is 0. The van der Waals surface area contributed by atoms with E-state index >= 15 is 0 Å². The van der Waals surface area contributed by atoms with Gasteiger partial charge in [0.15, 0.2) is 0 Å². The van der Waals surface area contributed by atoms with E-state index in [1.807, 2.05) is 44.2 Å². The summed E-state index contributed by atoms with van der Waals surface area (Å²) in [4.78, 5) is 62.6. The molecular formula is C32H47N5O8. The number of primary amides is 1. The first kappa shape index (κ1) is 36.8. The Balaban J connectivity index is 2.07. The minimum atomic E-state index is -1.11. The van der Waals surface area contributed by atoms with Gasteiger partial charge in [-0.3, -0.25) is 14.4 Å². The van der Waals surface area contributed by atoms with E-state index in [4.69, 9.17) is 15.2 Å². The molecule has 1 aromatic rings. The molecule has 248 valence electrons. The van der Waals surface area contributed by atoms with Crippen molar-refractivity contribution in [2.45, 2.75) is 97.1 Å². The molecule has 0 saturated carbocycles. The van der Waals surface area contributed by atoms with Gasteiger partial charge in [-0.15, -0.1) is 0 Å². The Morgan fingerprint density at radius 2 is 1.64 bits per heavy atom. The van der Waals surface area contributed by atoms with Gasteiger partial charge in [-0.2, -0.15) is 0 Å². The fourth-order valence-corrected chi connectivity index (χ4v) is 4.70. The van der Waals surface area contributed by atoms with Gasteiger partial charge in [-0.25, -0.2) is 9.59 Å². The summed E-state index contributed by atoms with van der Waals surface area (Å²) in [6.45, 7) is 8.73. The van der Waals surface area contributed by atoms with E-state index < -0.39 is 60.2 Å². The molecule has 7 N–H and O–H groups in total. The van der Waals surface area contributed by atoms with Gasteiger partial charge in [-0.05, 0) is 77.0 Å². The maximum atomic E-state index is 13.6. The van der Waals surface area contributed by atoms with Crippen LogP contribution in [0.2, 0.25) is 0 Å². The molecule has 45 heavy (non-hydrogen) atoms. The van der Waals surface area contributed by atoms with E-state index in [9.17, 15) is 29.1 Å². The normalized spacial score (nSPS) is 16.0. The Morgan fingerprint density at radius 1 is 0.956 bits per heavy atom. The number of carbonyl (C=O) groups excluding carboxylic acids is 5. The Morgan fingerprint density at radius 3 is 2.27 bits per heavy atom. The molecule has 0 spiro atoms. The van der Waals surface area contributed by atoms with Crippen molar-refractivity contribution in [2.24, 2.45) is 5.73 Å². The second kappa shape index (κ2) is 17.8. The highest BCUT2D eigenvalue weighted by molar-refractivity contribution is 5.93. The standard InChI is InChI=1S/C32H47N5O8/c1-20-15-23(38)16-21(2)24(20)17-26(37-31(43)45-32(3,4)5)29(41)36-25(28(40)35-18-27(33)39)13-9-10-14-34-30(42)44-19-22-11-7-6-8-12-22/h6-8,11-12,15,23,25-26,38H,9-10,13-14,16-19H2,1-5H3,(H2,33,39)(H,34,42)(H,35,40)(H,36,41)(H,37,43). The summed E-state index contributed by atoms with van der Waals surface area (Å²) in [6.07, 6.45) is 1.20. The number of hydrogen-bond acceptors (Lipinski definition) is 8. The van der Waals surface area contributed by atoms with Gasteiger partial charge in [-0.1, -0.05) is 42.0 Å². The number of aliphatic hydroxyl groups excluding tert-OH is 1. The number of amides is 5. The molecule has 0 aliphatic heterocycles. The Kier molecular flexibility index (Phi) is 14.5. The van der Waals surface area contributed by atoms with Crippen LogP contribution in [0.15, 0.2) is 53.1 Å². The molecule has 0 saturated heterocycles. The third-order valence-electron chi connectivity index (χ3n) is 6.84. The molecule has 0 bridgehead atoms. The van der Waals surface area contributed by atoms with Crippen molar-refractivity contribution in [3.8, 4) is 0 Å². The van der Waals surface area contributed by atoms with Crippen molar-refractivity contribution in [3.05, 3.63) is 58.7 Å². The van der Waals surface area contributed by atoms with Gasteiger partial charge in [0.1, 0.15) is 24.3 Å². The lowest BCUT2D eigenvalue weighted by atomic mass is 9.87. The van der Waals surface area contributed by atoms with E-state index in [0.29, 0.717) is 19.3 Å². The van der Waals surface area contributed by atoms with E-state index in [0.717, 1.165) is 22.3 Å². The largest absolute Gasteiger partial charge is 0.445 e. The third-order valence-corrected chi connectivity index (χ3v) is 6.84. The number of allylic oxidation sites excluding steroid dienone is 1. The molecule has 1 aromatic carbocycles. The molecule has 3 unspecified atom stereocenters. The lowest BCUT2D eigenvalue weighted by molar-refractivity contribution is -0.131. The number of alkyl carbamates (subject to hydrolysis) is 2. The zero-order valence-corrected chi connectivity index (χ0v) is 26.7. The van der Waals surface area contributed by atoms with Crippen LogP contribution in [-0.2, 0) is 30.5 Å². The van der Waals surface area contributed by atoms with Crippen LogP contribution in [-0.4, -0.2) is 71.9 Å². The molecule has 0 fully saturated rings. The van der Waals surface area contributed by atoms with Crippen molar-refractivity contribution >= 4 is 29.9 Å². The number of aliphatic hydroxyl groups is 1. The predicted octanol–water partition coefficient (Wildman–Crippen LogP) is 2.48. The number of benzene rings is 1. The number of hydrogen-bond donors (Lipinski definition) is 6. The van der Waals surface area contributed by atoms with Crippen LogP contribution in [0.3, 0.4) is 0 Å². The number of ether oxygens (including phenoxy) is 2. The highest BCUT2D eigenvalue weighted by Crippen LogP contribution is 2.28. The lowest BCUT2D eigenvalue weighted by Gasteiger charge is -2.28. The van der Waals surface area contributed by atoms with Crippen LogP contribution in [0.4, 0.5) is 9.59 Å². The van der Waals surface area contributed by atoms with Crippen LogP contribution in [0.1, 0.15) is 72.3 Å². The molecule has 1 aliphatic carbocycles. The van der Waals surface area contributed by atoms with Gasteiger partial charge < -0.3 is 41.6 Å². The fourth-order valence-electron chi connectivity index (χ4n) is 4.70. The highest BCUT2D eigenvalue weighted by atomic mass is 16.6. The van der Waals surface area contributed by atoms with Crippen LogP contribution in [0.25, 0.3) is 0 Å². The number of carbonyl (C=O) groups is 5.